The van der Waals surface area contributed by atoms with Crippen molar-refractivity contribution in [3.8, 4) is 5.75 Å². The van der Waals surface area contributed by atoms with Gasteiger partial charge < -0.3 is 19.7 Å². The lowest BCUT2D eigenvalue weighted by Gasteiger charge is -2.17. The van der Waals surface area contributed by atoms with E-state index < -0.39 is 17.7 Å². The SMILES string of the molecule is Cc1nc2c(OCc3c(F)cccc3F)cccn2c1C(=O)N[C@H]1CCN(C(=O)OCc2ccccc2)C1. The molecule has 8 nitrogen and oxygen atoms in total. The molecule has 1 fully saturated rings. The Morgan fingerprint density at radius 3 is 2.55 bits per heavy atom. The fourth-order valence-corrected chi connectivity index (χ4v) is 4.47. The van der Waals surface area contributed by atoms with Gasteiger partial charge in [-0.05, 0) is 43.2 Å². The number of benzene rings is 2. The number of halogens is 2. The highest BCUT2D eigenvalue weighted by molar-refractivity contribution is 5.95. The maximum atomic E-state index is 14.0. The minimum atomic E-state index is -0.703. The van der Waals surface area contributed by atoms with E-state index >= 15 is 0 Å². The summed E-state index contributed by atoms with van der Waals surface area (Å²) in [4.78, 5) is 31.7. The van der Waals surface area contributed by atoms with Gasteiger partial charge in [0.25, 0.3) is 5.91 Å². The number of nitrogens with one attached hydrogen (secondary N) is 1. The van der Waals surface area contributed by atoms with Crippen LogP contribution in [0.2, 0.25) is 0 Å². The quantitative estimate of drug-likeness (QED) is 0.384. The molecule has 0 bridgehead atoms. The summed E-state index contributed by atoms with van der Waals surface area (Å²) in [6.45, 7) is 2.35. The molecule has 38 heavy (non-hydrogen) atoms. The van der Waals surface area contributed by atoms with E-state index in [1.807, 2.05) is 30.3 Å². The number of aromatic nitrogens is 2. The Morgan fingerprint density at radius 2 is 1.79 bits per heavy atom. The molecule has 4 aromatic rings. The predicted octanol–water partition coefficient (Wildman–Crippen LogP) is 4.64. The number of carbonyl (C=O) groups excluding carboxylic acids is 2. The first-order valence-corrected chi connectivity index (χ1v) is 12.2. The second-order valence-corrected chi connectivity index (χ2v) is 9.05. The Morgan fingerprint density at radius 1 is 1.03 bits per heavy atom. The average Bonchev–Trinajstić information content (AvgIpc) is 3.51. The maximum Gasteiger partial charge on any atom is 0.410 e. The van der Waals surface area contributed by atoms with Gasteiger partial charge in [-0.25, -0.2) is 18.6 Å². The monoisotopic (exact) mass is 520 g/mol. The Bertz CT molecular complexity index is 1450. The van der Waals surface area contributed by atoms with Crippen LogP contribution in [0.5, 0.6) is 5.75 Å². The van der Waals surface area contributed by atoms with Crippen LogP contribution in [-0.4, -0.2) is 45.4 Å². The van der Waals surface area contributed by atoms with Crippen LogP contribution in [0, 0.1) is 18.6 Å². The number of pyridine rings is 1. The molecule has 0 unspecified atom stereocenters. The maximum absolute atomic E-state index is 14.0. The van der Waals surface area contributed by atoms with Crippen molar-refractivity contribution in [2.75, 3.05) is 13.1 Å². The van der Waals surface area contributed by atoms with E-state index in [0.717, 1.165) is 17.7 Å². The van der Waals surface area contributed by atoms with Gasteiger partial charge in [-0.15, -0.1) is 0 Å². The molecule has 3 heterocycles. The third-order valence-electron chi connectivity index (χ3n) is 6.42. The van der Waals surface area contributed by atoms with Crippen LogP contribution >= 0.6 is 0 Å². The third-order valence-corrected chi connectivity index (χ3v) is 6.42. The van der Waals surface area contributed by atoms with Gasteiger partial charge in [0, 0.05) is 25.3 Å². The molecule has 0 saturated carbocycles. The molecule has 1 N–H and O–H groups in total. The minimum absolute atomic E-state index is 0.183. The first-order chi connectivity index (χ1) is 18.4. The van der Waals surface area contributed by atoms with Gasteiger partial charge in [0.2, 0.25) is 0 Å². The molecule has 2 aromatic heterocycles. The fraction of sp³-hybridized carbons (Fsp3) is 0.250. The molecule has 0 aliphatic carbocycles. The summed E-state index contributed by atoms with van der Waals surface area (Å²) in [6, 6.07) is 16.1. The lowest BCUT2D eigenvalue weighted by Crippen LogP contribution is -2.39. The number of aryl methyl sites for hydroxylation is 1. The largest absolute Gasteiger partial charge is 0.485 e. The zero-order chi connectivity index (χ0) is 26.6. The van der Waals surface area contributed by atoms with Gasteiger partial charge >= 0.3 is 6.09 Å². The molecule has 0 spiro atoms. The summed E-state index contributed by atoms with van der Waals surface area (Å²) in [5.41, 5.74) is 1.84. The van der Waals surface area contributed by atoms with E-state index in [0.29, 0.717) is 36.5 Å². The summed E-state index contributed by atoms with van der Waals surface area (Å²) in [6.07, 6.45) is 1.83. The van der Waals surface area contributed by atoms with Crippen LogP contribution in [0.25, 0.3) is 5.65 Å². The van der Waals surface area contributed by atoms with E-state index in [9.17, 15) is 18.4 Å². The van der Waals surface area contributed by atoms with Crippen LogP contribution in [0.15, 0.2) is 66.9 Å². The number of nitrogens with zero attached hydrogens (tertiary/aromatic N) is 3. The summed E-state index contributed by atoms with van der Waals surface area (Å²) in [5.74, 6) is -1.47. The van der Waals surface area contributed by atoms with E-state index in [1.54, 1.807) is 34.6 Å². The van der Waals surface area contributed by atoms with Crippen LogP contribution in [0.3, 0.4) is 0 Å². The number of likely N-dealkylation sites (tertiary alicyclic amines) is 1. The zero-order valence-electron chi connectivity index (χ0n) is 20.7. The highest BCUT2D eigenvalue weighted by Gasteiger charge is 2.30. The normalized spacial score (nSPS) is 15.0. The highest BCUT2D eigenvalue weighted by Crippen LogP contribution is 2.24. The number of imidazole rings is 1. The van der Waals surface area contributed by atoms with E-state index in [-0.39, 0.29) is 36.5 Å². The second-order valence-electron chi connectivity index (χ2n) is 9.05. The molecule has 1 saturated heterocycles. The van der Waals surface area contributed by atoms with E-state index in [4.69, 9.17) is 9.47 Å². The molecule has 2 aromatic carbocycles. The molecule has 1 aliphatic heterocycles. The summed E-state index contributed by atoms with van der Waals surface area (Å²) < 4.78 is 40.7. The lowest BCUT2D eigenvalue weighted by atomic mass is 10.2. The first-order valence-electron chi connectivity index (χ1n) is 12.2. The molecule has 10 heteroatoms. The number of rotatable bonds is 7. The number of carbonyl (C=O) groups is 2. The van der Waals surface area contributed by atoms with Gasteiger partial charge in [-0.3, -0.25) is 9.20 Å². The number of hydrogen-bond acceptors (Lipinski definition) is 5. The predicted molar refractivity (Wildman–Crippen MR) is 135 cm³/mol. The Kier molecular flexibility index (Phi) is 7.21. The van der Waals surface area contributed by atoms with Gasteiger partial charge in [0.1, 0.15) is 30.5 Å². The minimum Gasteiger partial charge on any atom is -0.485 e. The van der Waals surface area contributed by atoms with Crippen LogP contribution in [0.1, 0.15) is 33.7 Å². The molecule has 196 valence electrons. The van der Waals surface area contributed by atoms with Crippen molar-refractivity contribution in [3.63, 3.8) is 0 Å². The van der Waals surface area contributed by atoms with Crippen LogP contribution in [0.4, 0.5) is 13.6 Å². The molecular formula is C28H26F2N4O4. The topological polar surface area (TPSA) is 85.2 Å². The number of fused-ring (bicyclic) bond motifs is 1. The first kappa shape index (κ1) is 25.2. The number of amides is 2. The zero-order valence-corrected chi connectivity index (χ0v) is 20.7. The van der Waals surface area contributed by atoms with Crippen LogP contribution < -0.4 is 10.1 Å². The van der Waals surface area contributed by atoms with Crippen molar-refractivity contribution in [2.45, 2.75) is 32.6 Å². The molecule has 2 amide bonds. The van der Waals surface area contributed by atoms with Gasteiger partial charge in [0.05, 0.1) is 11.3 Å². The molecular weight excluding hydrogens is 494 g/mol. The van der Waals surface area contributed by atoms with Crippen molar-refractivity contribution in [2.24, 2.45) is 0 Å². The number of ether oxygens (including phenoxy) is 2. The van der Waals surface area contributed by atoms with E-state index in [2.05, 4.69) is 10.3 Å². The molecule has 5 rings (SSSR count). The number of hydrogen-bond donors (Lipinski definition) is 1. The van der Waals surface area contributed by atoms with E-state index in [1.165, 1.54) is 6.07 Å². The standard InChI is InChI=1S/C28H26F2N4O4/c1-18-25(27(35)32-20-12-14-33(15-20)28(36)38-16-19-7-3-2-4-8-19)34-13-6-11-24(26(34)31-18)37-17-21-22(29)9-5-10-23(21)30/h2-11,13,20H,12,14-17H2,1H3,(H,32,35)/t20-/m0/s1. The summed E-state index contributed by atoms with van der Waals surface area (Å²) >= 11 is 0. The lowest BCUT2D eigenvalue weighted by molar-refractivity contribution is 0.0916. The van der Waals surface area contributed by atoms with Crippen LogP contribution in [-0.2, 0) is 18.0 Å². The van der Waals surface area contributed by atoms with Crippen molar-refractivity contribution >= 4 is 17.6 Å². The fourth-order valence-electron chi connectivity index (χ4n) is 4.47. The van der Waals surface area contributed by atoms with Gasteiger partial charge in [-0.1, -0.05) is 36.4 Å². The summed E-state index contributed by atoms with van der Waals surface area (Å²) in [7, 11) is 0. The highest BCUT2D eigenvalue weighted by atomic mass is 19.1. The Labute approximate surface area is 217 Å². The molecule has 1 aliphatic rings. The molecule has 0 radical (unpaired) electrons. The van der Waals surface area contributed by atoms with Crippen molar-refractivity contribution < 1.29 is 27.8 Å². The average molecular weight is 521 g/mol. The summed E-state index contributed by atoms with van der Waals surface area (Å²) in [5, 5.41) is 2.98. The van der Waals surface area contributed by atoms with Gasteiger partial charge in [-0.2, -0.15) is 0 Å². The Hall–Kier alpha value is -4.47. The van der Waals surface area contributed by atoms with Gasteiger partial charge in [0.15, 0.2) is 11.4 Å². The second kappa shape index (κ2) is 10.9. The smallest absolute Gasteiger partial charge is 0.410 e. The molecule has 1 atom stereocenters. The Balaban J connectivity index is 1.23. The van der Waals surface area contributed by atoms with Crippen molar-refractivity contribution in [3.05, 3.63) is 101 Å². The van der Waals surface area contributed by atoms with Crippen molar-refractivity contribution in [1.82, 2.24) is 19.6 Å². The van der Waals surface area contributed by atoms with Crippen molar-refractivity contribution in [1.29, 1.82) is 0 Å². The third kappa shape index (κ3) is 5.29.